The fourth-order valence-electron chi connectivity index (χ4n) is 2.94. The van der Waals surface area contributed by atoms with Gasteiger partial charge in [-0.25, -0.2) is 0 Å². The van der Waals surface area contributed by atoms with Gasteiger partial charge in [-0.1, -0.05) is 84.0 Å². The van der Waals surface area contributed by atoms with Crippen molar-refractivity contribution in [1.82, 2.24) is 0 Å². The highest BCUT2D eigenvalue weighted by molar-refractivity contribution is 5.72. The average Bonchev–Trinajstić information content (AvgIpc) is 2.67. The lowest BCUT2D eigenvalue weighted by Gasteiger charge is -2.10. The molecule has 4 nitrogen and oxygen atoms in total. The maximum Gasteiger partial charge on any atom is 0.306 e. The molecule has 0 radical (unpaired) electrons. The standard InChI is InChI=1S/C24H42O4/c1-4-6-7-8-9-10-11-12-13-14-15-20-27-23(25)18-16-19-24(26)28-21-22(3)17-5-2/h22H,4-13,16-21H2,1-3H3. The number of carbonyl (C=O) groups is 2. The highest BCUT2D eigenvalue weighted by Crippen LogP contribution is 2.09. The molecule has 0 N–H and O–H groups in total. The van der Waals surface area contributed by atoms with Crippen LogP contribution in [-0.2, 0) is 19.1 Å². The predicted molar refractivity (Wildman–Crippen MR) is 115 cm³/mol. The Bertz CT molecular complexity index is 447. The van der Waals surface area contributed by atoms with Gasteiger partial charge in [0.2, 0.25) is 0 Å². The maximum absolute atomic E-state index is 11.6. The molecule has 0 fully saturated rings. The Labute approximate surface area is 173 Å². The topological polar surface area (TPSA) is 52.6 Å². The van der Waals surface area contributed by atoms with Crippen LogP contribution in [0, 0.1) is 17.8 Å². The van der Waals surface area contributed by atoms with Gasteiger partial charge in [-0.05, 0) is 25.2 Å². The van der Waals surface area contributed by atoms with E-state index in [0.717, 1.165) is 25.7 Å². The fourth-order valence-corrected chi connectivity index (χ4v) is 2.94. The predicted octanol–water partition coefficient (Wildman–Crippen LogP) is 6.21. The summed E-state index contributed by atoms with van der Waals surface area (Å²) in [6, 6.07) is 0. The van der Waals surface area contributed by atoms with E-state index >= 15 is 0 Å². The number of hydrogen-bond donors (Lipinski definition) is 0. The third kappa shape index (κ3) is 19.3. The minimum Gasteiger partial charge on any atom is -0.465 e. The Balaban J connectivity index is 3.48. The van der Waals surface area contributed by atoms with Crippen LogP contribution in [0.25, 0.3) is 0 Å². The molecule has 0 aromatic heterocycles. The smallest absolute Gasteiger partial charge is 0.306 e. The molecule has 0 amide bonds. The summed E-state index contributed by atoms with van der Waals surface area (Å²) in [4.78, 5) is 23.2. The van der Waals surface area contributed by atoms with Crippen molar-refractivity contribution in [3.63, 3.8) is 0 Å². The molecule has 0 saturated carbocycles. The first-order valence-electron chi connectivity index (χ1n) is 11.4. The molecular formula is C24H42O4. The van der Waals surface area contributed by atoms with Crippen LogP contribution in [0.2, 0.25) is 0 Å². The van der Waals surface area contributed by atoms with Crippen LogP contribution in [0.1, 0.15) is 111 Å². The lowest BCUT2D eigenvalue weighted by Crippen LogP contribution is -2.12. The minimum absolute atomic E-state index is 0.148. The summed E-state index contributed by atoms with van der Waals surface area (Å²) >= 11 is 0. The van der Waals surface area contributed by atoms with Gasteiger partial charge < -0.3 is 9.47 Å². The SMILES string of the molecule is CCCCCCCCCCC#CCOC(=O)CCCC(=O)OCC(C)CCC. The van der Waals surface area contributed by atoms with Crippen LogP contribution in [0.5, 0.6) is 0 Å². The van der Waals surface area contributed by atoms with Crippen molar-refractivity contribution < 1.29 is 19.1 Å². The van der Waals surface area contributed by atoms with Crippen molar-refractivity contribution in [2.24, 2.45) is 5.92 Å². The summed E-state index contributed by atoms with van der Waals surface area (Å²) in [5.74, 6) is 5.82. The van der Waals surface area contributed by atoms with Crippen LogP contribution in [0.4, 0.5) is 0 Å². The zero-order valence-corrected chi connectivity index (χ0v) is 18.5. The second-order valence-electron chi connectivity index (χ2n) is 7.67. The quantitative estimate of drug-likeness (QED) is 0.167. The normalized spacial score (nSPS) is 11.4. The molecule has 4 heteroatoms. The molecule has 0 aromatic carbocycles. The maximum atomic E-state index is 11.6. The van der Waals surface area contributed by atoms with Gasteiger partial charge in [-0.3, -0.25) is 9.59 Å². The molecule has 162 valence electrons. The van der Waals surface area contributed by atoms with E-state index in [-0.39, 0.29) is 31.4 Å². The van der Waals surface area contributed by atoms with Crippen molar-refractivity contribution in [2.75, 3.05) is 13.2 Å². The van der Waals surface area contributed by atoms with Crippen molar-refractivity contribution in [3.8, 4) is 11.8 Å². The molecular weight excluding hydrogens is 352 g/mol. The molecule has 0 rings (SSSR count). The van der Waals surface area contributed by atoms with Gasteiger partial charge in [0, 0.05) is 19.3 Å². The van der Waals surface area contributed by atoms with Gasteiger partial charge in [0.05, 0.1) is 6.61 Å². The molecule has 1 atom stereocenters. The molecule has 0 aromatic rings. The van der Waals surface area contributed by atoms with Crippen molar-refractivity contribution >= 4 is 11.9 Å². The van der Waals surface area contributed by atoms with Crippen molar-refractivity contribution in [3.05, 3.63) is 0 Å². The van der Waals surface area contributed by atoms with Crippen LogP contribution >= 0.6 is 0 Å². The van der Waals surface area contributed by atoms with Crippen LogP contribution < -0.4 is 0 Å². The van der Waals surface area contributed by atoms with Gasteiger partial charge in [0.1, 0.15) is 0 Å². The summed E-state index contributed by atoms with van der Waals surface area (Å²) in [6.45, 7) is 7.04. The zero-order chi connectivity index (χ0) is 20.9. The van der Waals surface area contributed by atoms with E-state index in [9.17, 15) is 9.59 Å². The third-order valence-corrected chi connectivity index (χ3v) is 4.66. The Hall–Kier alpha value is -1.50. The fraction of sp³-hybridized carbons (Fsp3) is 0.833. The molecule has 0 spiro atoms. The van der Waals surface area contributed by atoms with E-state index in [4.69, 9.17) is 9.47 Å². The second kappa shape index (κ2) is 20.2. The third-order valence-electron chi connectivity index (χ3n) is 4.66. The van der Waals surface area contributed by atoms with Crippen LogP contribution in [-0.4, -0.2) is 25.2 Å². The van der Waals surface area contributed by atoms with E-state index in [1.165, 1.54) is 44.9 Å². The van der Waals surface area contributed by atoms with E-state index < -0.39 is 0 Å². The van der Waals surface area contributed by atoms with E-state index in [0.29, 0.717) is 18.9 Å². The van der Waals surface area contributed by atoms with Crippen LogP contribution in [0.15, 0.2) is 0 Å². The summed E-state index contributed by atoms with van der Waals surface area (Å²) < 4.78 is 10.3. The number of carbonyl (C=O) groups excluding carboxylic acids is 2. The highest BCUT2D eigenvalue weighted by Gasteiger charge is 2.09. The van der Waals surface area contributed by atoms with Gasteiger partial charge in [0.25, 0.3) is 0 Å². The number of hydrogen-bond acceptors (Lipinski definition) is 4. The van der Waals surface area contributed by atoms with Crippen LogP contribution in [0.3, 0.4) is 0 Å². The lowest BCUT2D eigenvalue weighted by atomic mass is 10.1. The molecule has 0 heterocycles. The van der Waals surface area contributed by atoms with Gasteiger partial charge >= 0.3 is 11.9 Å². The molecule has 28 heavy (non-hydrogen) atoms. The summed E-state index contributed by atoms with van der Waals surface area (Å²) in [5.41, 5.74) is 0. The lowest BCUT2D eigenvalue weighted by molar-refractivity contribution is -0.145. The first-order chi connectivity index (χ1) is 13.6. The number of unbranched alkanes of at least 4 members (excludes halogenated alkanes) is 8. The van der Waals surface area contributed by atoms with Crippen molar-refractivity contribution in [2.45, 2.75) is 111 Å². The van der Waals surface area contributed by atoms with Gasteiger partial charge in [-0.15, -0.1) is 0 Å². The summed E-state index contributed by atoms with van der Waals surface area (Å²) in [7, 11) is 0. The Morgan fingerprint density at radius 1 is 0.750 bits per heavy atom. The minimum atomic E-state index is -0.298. The highest BCUT2D eigenvalue weighted by atomic mass is 16.5. The average molecular weight is 395 g/mol. The Kier molecular flexibility index (Phi) is 19.2. The number of ether oxygens (including phenoxy) is 2. The van der Waals surface area contributed by atoms with E-state index in [1.807, 2.05) is 0 Å². The molecule has 0 aliphatic heterocycles. The van der Waals surface area contributed by atoms with Crippen molar-refractivity contribution in [1.29, 1.82) is 0 Å². The number of esters is 2. The number of rotatable bonds is 17. The first kappa shape index (κ1) is 26.5. The zero-order valence-electron chi connectivity index (χ0n) is 18.5. The monoisotopic (exact) mass is 394 g/mol. The second-order valence-corrected chi connectivity index (χ2v) is 7.67. The summed E-state index contributed by atoms with van der Waals surface area (Å²) in [5, 5.41) is 0. The molecule has 0 aliphatic carbocycles. The Morgan fingerprint density at radius 3 is 2.00 bits per heavy atom. The van der Waals surface area contributed by atoms with E-state index in [2.05, 4.69) is 32.6 Å². The summed E-state index contributed by atoms with van der Waals surface area (Å²) in [6.07, 6.45) is 14.3. The molecule has 1 unspecified atom stereocenters. The molecule has 0 bridgehead atoms. The largest absolute Gasteiger partial charge is 0.465 e. The van der Waals surface area contributed by atoms with Gasteiger partial charge in [-0.2, -0.15) is 0 Å². The Morgan fingerprint density at radius 2 is 1.36 bits per heavy atom. The molecule has 0 saturated heterocycles. The molecule has 0 aliphatic rings. The first-order valence-corrected chi connectivity index (χ1v) is 11.4. The van der Waals surface area contributed by atoms with E-state index in [1.54, 1.807) is 0 Å². The van der Waals surface area contributed by atoms with Gasteiger partial charge in [0.15, 0.2) is 6.61 Å².